The number of halogens is 1. The summed E-state index contributed by atoms with van der Waals surface area (Å²) in [6.07, 6.45) is 1.21. The van der Waals surface area contributed by atoms with Crippen LogP contribution in [0.2, 0.25) is 5.02 Å². The summed E-state index contributed by atoms with van der Waals surface area (Å²) in [5.41, 5.74) is 1.20. The molecule has 0 aromatic heterocycles. The Bertz CT molecular complexity index is 308. The molecule has 1 fully saturated rings. The van der Waals surface area contributed by atoms with Gasteiger partial charge in [-0.2, -0.15) is 0 Å². The number of nitrogens with one attached hydrogen (secondary N) is 1. The van der Waals surface area contributed by atoms with E-state index >= 15 is 0 Å². The molecule has 0 bridgehead atoms. The summed E-state index contributed by atoms with van der Waals surface area (Å²) in [7, 11) is 2.13. The minimum Gasteiger partial charge on any atom is -0.370 e. The number of nitrogens with zero attached hydrogens (tertiary/aromatic N) is 1. The van der Waals surface area contributed by atoms with Gasteiger partial charge in [-0.25, -0.2) is 0 Å². The van der Waals surface area contributed by atoms with E-state index in [4.69, 9.17) is 11.6 Å². The minimum atomic E-state index is 0.605. The van der Waals surface area contributed by atoms with Gasteiger partial charge in [-0.3, -0.25) is 0 Å². The zero-order valence-electron chi connectivity index (χ0n) is 8.33. The summed E-state index contributed by atoms with van der Waals surface area (Å²) in [6, 6.07) is 8.63. The zero-order chi connectivity index (χ0) is 9.97. The molecule has 0 aliphatic carbocycles. The third kappa shape index (κ3) is 2.02. The molecular formula is C11H15ClN2. The summed E-state index contributed by atoms with van der Waals surface area (Å²) < 4.78 is 0. The van der Waals surface area contributed by atoms with Crippen molar-refractivity contribution in [3.8, 4) is 0 Å². The van der Waals surface area contributed by atoms with E-state index in [2.05, 4.69) is 23.3 Å². The molecule has 1 aliphatic heterocycles. The first-order valence-corrected chi connectivity index (χ1v) is 5.34. The summed E-state index contributed by atoms with van der Waals surface area (Å²) in [5.74, 6) is 0. The molecule has 1 aromatic carbocycles. The van der Waals surface area contributed by atoms with Gasteiger partial charge < -0.3 is 10.2 Å². The van der Waals surface area contributed by atoms with Gasteiger partial charge in [-0.15, -0.1) is 0 Å². The molecule has 2 nitrogen and oxygen atoms in total. The van der Waals surface area contributed by atoms with Gasteiger partial charge in [-0.05, 0) is 31.2 Å². The summed E-state index contributed by atoms with van der Waals surface area (Å²) in [4.78, 5) is 2.30. The number of rotatable bonds is 2. The molecule has 1 atom stereocenters. The molecule has 1 heterocycles. The van der Waals surface area contributed by atoms with Gasteiger partial charge in [-0.1, -0.05) is 17.7 Å². The van der Waals surface area contributed by atoms with Crippen LogP contribution in [0.4, 0.5) is 5.69 Å². The van der Waals surface area contributed by atoms with Crippen LogP contribution in [0.3, 0.4) is 0 Å². The van der Waals surface area contributed by atoms with Gasteiger partial charge in [0.2, 0.25) is 0 Å². The molecule has 1 aliphatic rings. The van der Waals surface area contributed by atoms with Crippen molar-refractivity contribution in [2.45, 2.75) is 12.5 Å². The maximum atomic E-state index is 5.95. The Morgan fingerprint density at radius 2 is 2.36 bits per heavy atom. The lowest BCUT2D eigenvalue weighted by molar-refractivity contribution is 0.686. The second kappa shape index (κ2) is 4.20. The smallest absolute Gasteiger partial charge is 0.0426 e. The van der Waals surface area contributed by atoms with Crippen molar-refractivity contribution in [2.75, 3.05) is 25.0 Å². The van der Waals surface area contributed by atoms with Gasteiger partial charge in [0.15, 0.2) is 0 Å². The van der Waals surface area contributed by atoms with Crippen molar-refractivity contribution >= 4 is 17.3 Å². The quantitative estimate of drug-likeness (QED) is 0.805. The second-order valence-corrected chi connectivity index (χ2v) is 4.17. The Morgan fingerprint density at radius 3 is 3.00 bits per heavy atom. The standard InChI is InChI=1S/C11H15ClN2/c1-14(11-5-6-13-8-11)10-4-2-3-9(12)7-10/h2-4,7,11,13H,5-6,8H2,1H3. The van der Waals surface area contributed by atoms with E-state index in [-0.39, 0.29) is 0 Å². The van der Waals surface area contributed by atoms with Gasteiger partial charge >= 0.3 is 0 Å². The van der Waals surface area contributed by atoms with Crippen LogP contribution in [-0.4, -0.2) is 26.2 Å². The molecule has 1 unspecified atom stereocenters. The Labute approximate surface area is 89.9 Å². The van der Waals surface area contributed by atoms with Crippen LogP contribution in [-0.2, 0) is 0 Å². The fourth-order valence-corrected chi connectivity index (χ4v) is 2.06. The lowest BCUT2D eigenvalue weighted by Gasteiger charge is -2.26. The lowest BCUT2D eigenvalue weighted by atomic mass is 10.2. The average molecular weight is 211 g/mol. The van der Waals surface area contributed by atoms with E-state index < -0.39 is 0 Å². The Morgan fingerprint density at radius 1 is 1.50 bits per heavy atom. The summed E-state index contributed by atoms with van der Waals surface area (Å²) in [5, 5.41) is 4.17. The number of likely N-dealkylation sites (N-methyl/N-ethyl adjacent to an activating group) is 1. The topological polar surface area (TPSA) is 15.3 Å². The number of benzene rings is 1. The largest absolute Gasteiger partial charge is 0.370 e. The average Bonchev–Trinajstić information content (AvgIpc) is 2.69. The monoisotopic (exact) mass is 210 g/mol. The van der Waals surface area contributed by atoms with Crippen LogP contribution in [0.25, 0.3) is 0 Å². The van der Waals surface area contributed by atoms with Crippen LogP contribution >= 0.6 is 11.6 Å². The predicted molar refractivity (Wildman–Crippen MR) is 61.1 cm³/mol. The Balaban J connectivity index is 2.13. The highest BCUT2D eigenvalue weighted by atomic mass is 35.5. The molecular weight excluding hydrogens is 196 g/mol. The van der Waals surface area contributed by atoms with E-state index in [0.29, 0.717) is 6.04 Å². The van der Waals surface area contributed by atoms with Crippen LogP contribution < -0.4 is 10.2 Å². The van der Waals surface area contributed by atoms with Crippen molar-refractivity contribution in [1.82, 2.24) is 5.32 Å². The number of anilines is 1. The summed E-state index contributed by atoms with van der Waals surface area (Å²) >= 11 is 5.95. The maximum Gasteiger partial charge on any atom is 0.0426 e. The van der Waals surface area contributed by atoms with Gasteiger partial charge in [0.1, 0.15) is 0 Å². The van der Waals surface area contributed by atoms with Gasteiger partial charge in [0, 0.05) is 30.3 Å². The molecule has 0 radical (unpaired) electrons. The minimum absolute atomic E-state index is 0.605. The van der Waals surface area contributed by atoms with Crippen LogP contribution in [0, 0.1) is 0 Å². The van der Waals surface area contributed by atoms with Crippen LogP contribution in [0.15, 0.2) is 24.3 Å². The fraction of sp³-hybridized carbons (Fsp3) is 0.455. The van der Waals surface area contributed by atoms with E-state index in [0.717, 1.165) is 18.1 Å². The second-order valence-electron chi connectivity index (χ2n) is 3.74. The molecule has 1 N–H and O–H groups in total. The van der Waals surface area contributed by atoms with E-state index in [1.165, 1.54) is 12.1 Å². The highest BCUT2D eigenvalue weighted by Crippen LogP contribution is 2.21. The molecule has 0 amide bonds. The van der Waals surface area contributed by atoms with Crippen molar-refractivity contribution < 1.29 is 0 Å². The SMILES string of the molecule is CN(c1cccc(Cl)c1)C1CCNC1. The first-order valence-electron chi connectivity index (χ1n) is 4.96. The van der Waals surface area contributed by atoms with Crippen molar-refractivity contribution in [3.05, 3.63) is 29.3 Å². The maximum absolute atomic E-state index is 5.95. The predicted octanol–water partition coefficient (Wildman–Crippen LogP) is 2.14. The molecule has 0 saturated carbocycles. The molecule has 2 rings (SSSR count). The molecule has 14 heavy (non-hydrogen) atoms. The lowest BCUT2D eigenvalue weighted by Crippen LogP contribution is -2.33. The first-order chi connectivity index (χ1) is 6.77. The Hall–Kier alpha value is -0.730. The Kier molecular flexibility index (Phi) is 2.94. The molecule has 76 valence electrons. The van der Waals surface area contributed by atoms with Crippen molar-refractivity contribution in [1.29, 1.82) is 0 Å². The number of hydrogen-bond donors (Lipinski definition) is 1. The first kappa shape index (κ1) is 9.81. The molecule has 1 saturated heterocycles. The fourth-order valence-electron chi connectivity index (χ4n) is 1.88. The van der Waals surface area contributed by atoms with Crippen molar-refractivity contribution in [3.63, 3.8) is 0 Å². The molecule has 1 aromatic rings. The zero-order valence-corrected chi connectivity index (χ0v) is 9.09. The van der Waals surface area contributed by atoms with Crippen LogP contribution in [0.1, 0.15) is 6.42 Å². The van der Waals surface area contributed by atoms with E-state index in [9.17, 15) is 0 Å². The number of hydrogen-bond acceptors (Lipinski definition) is 2. The van der Waals surface area contributed by atoms with Gasteiger partial charge in [0.25, 0.3) is 0 Å². The van der Waals surface area contributed by atoms with E-state index in [1.54, 1.807) is 0 Å². The highest BCUT2D eigenvalue weighted by molar-refractivity contribution is 6.30. The van der Waals surface area contributed by atoms with Crippen molar-refractivity contribution in [2.24, 2.45) is 0 Å². The van der Waals surface area contributed by atoms with Crippen LogP contribution in [0.5, 0.6) is 0 Å². The molecule has 0 spiro atoms. The summed E-state index contributed by atoms with van der Waals surface area (Å²) in [6.45, 7) is 2.19. The third-order valence-corrected chi connectivity index (χ3v) is 3.03. The normalized spacial score (nSPS) is 21.1. The van der Waals surface area contributed by atoms with E-state index in [1.807, 2.05) is 18.2 Å². The van der Waals surface area contributed by atoms with Gasteiger partial charge in [0.05, 0.1) is 0 Å². The highest BCUT2D eigenvalue weighted by Gasteiger charge is 2.19. The molecule has 3 heteroatoms. The third-order valence-electron chi connectivity index (χ3n) is 2.80.